The van der Waals surface area contributed by atoms with E-state index in [1.807, 2.05) is 41.8 Å². The maximum atomic E-state index is 13.5. The summed E-state index contributed by atoms with van der Waals surface area (Å²) in [5.41, 5.74) is 2.18. The van der Waals surface area contributed by atoms with Crippen LogP contribution >= 0.6 is 0 Å². The Kier molecular flexibility index (Phi) is 5.98. The summed E-state index contributed by atoms with van der Waals surface area (Å²) in [5.74, 6) is 6.57. The van der Waals surface area contributed by atoms with E-state index >= 15 is 0 Å². The Morgan fingerprint density at radius 2 is 1.97 bits per heavy atom. The number of anilines is 2. The van der Waals surface area contributed by atoms with Gasteiger partial charge in [-0.1, -0.05) is 18.6 Å². The maximum Gasteiger partial charge on any atom is 0.260 e. The predicted octanol–water partition coefficient (Wildman–Crippen LogP) is 2.65. The standard InChI is InChI=1S/C25H28FN7O2/c1-3-8-28-33(27)22-7-4-15(2)9-20(22)24(35)31-11-16-13-32(14-17(16)12-31)25-29-21-6-5-18(26)10-19(21)23(34)30-25/h4-10,16-17H,3,11-14,27H2,1-2H3,(H,29,30,34)/b28-8-. The third-order valence-corrected chi connectivity index (χ3v) is 6.75. The number of hydrazine groups is 1. The quantitative estimate of drug-likeness (QED) is 0.332. The van der Waals surface area contributed by atoms with Gasteiger partial charge in [0, 0.05) is 44.2 Å². The molecule has 2 fully saturated rings. The van der Waals surface area contributed by atoms with Crippen LogP contribution in [0.25, 0.3) is 10.9 Å². The molecule has 3 aromatic rings. The van der Waals surface area contributed by atoms with Crippen LogP contribution in [0.4, 0.5) is 16.0 Å². The molecule has 5 rings (SSSR count). The van der Waals surface area contributed by atoms with Gasteiger partial charge in [-0.05, 0) is 43.7 Å². The van der Waals surface area contributed by atoms with Gasteiger partial charge in [-0.2, -0.15) is 10.2 Å². The Bertz CT molecular complexity index is 1360. The summed E-state index contributed by atoms with van der Waals surface area (Å²) in [6.45, 7) is 6.48. The molecule has 2 saturated heterocycles. The number of fused-ring (bicyclic) bond motifs is 2. The van der Waals surface area contributed by atoms with Crippen LogP contribution in [0, 0.1) is 24.6 Å². The van der Waals surface area contributed by atoms with Gasteiger partial charge in [0.1, 0.15) is 5.82 Å². The summed E-state index contributed by atoms with van der Waals surface area (Å²) in [7, 11) is 0. The molecule has 0 aliphatic carbocycles. The number of carbonyl (C=O) groups is 1. The second-order valence-corrected chi connectivity index (χ2v) is 9.26. The van der Waals surface area contributed by atoms with Crippen molar-refractivity contribution in [1.82, 2.24) is 14.9 Å². The number of nitrogens with two attached hydrogens (primary N) is 1. The van der Waals surface area contributed by atoms with Crippen LogP contribution in [0.1, 0.15) is 29.3 Å². The van der Waals surface area contributed by atoms with Crippen LogP contribution in [-0.4, -0.2) is 53.2 Å². The second-order valence-electron chi connectivity index (χ2n) is 9.26. The fourth-order valence-corrected chi connectivity index (χ4v) is 5.00. The number of benzene rings is 2. The molecule has 1 aromatic heterocycles. The number of aromatic nitrogens is 2. The molecule has 182 valence electrons. The summed E-state index contributed by atoms with van der Waals surface area (Å²) in [6.07, 6.45) is 2.44. The average molecular weight is 478 g/mol. The van der Waals surface area contributed by atoms with E-state index in [9.17, 15) is 14.0 Å². The van der Waals surface area contributed by atoms with Crippen LogP contribution in [0.3, 0.4) is 0 Å². The molecule has 1 amide bonds. The minimum atomic E-state index is -0.468. The zero-order valence-electron chi connectivity index (χ0n) is 19.7. The number of hydrogen-bond acceptors (Lipinski definition) is 7. The number of H-pyrrole nitrogens is 1. The summed E-state index contributed by atoms with van der Waals surface area (Å²) in [5, 5.41) is 5.68. The Hall–Kier alpha value is -3.79. The smallest absolute Gasteiger partial charge is 0.260 e. The average Bonchev–Trinajstić information content (AvgIpc) is 3.42. The lowest BCUT2D eigenvalue weighted by atomic mass is 10.0. The largest absolute Gasteiger partial charge is 0.342 e. The fourth-order valence-electron chi connectivity index (χ4n) is 5.00. The molecule has 0 saturated carbocycles. The van der Waals surface area contributed by atoms with Crippen molar-refractivity contribution < 1.29 is 9.18 Å². The van der Waals surface area contributed by atoms with E-state index < -0.39 is 5.82 Å². The van der Waals surface area contributed by atoms with Crippen molar-refractivity contribution >= 4 is 34.7 Å². The first-order valence-corrected chi connectivity index (χ1v) is 11.8. The molecule has 2 aromatic carbocycles. The first-order valence-electron chi connectivity index (χ1n) is 11.8. The van der Waals surface area contributed by atoms with Crippen molar-refractivity contribution in [2.45, 2.75) is 20.3 Å². The lowest BCUT2D eigenvalue weighted by molar-refractivity contribution is 0.0783. The van der Waals surface area contributed by atoms with Crippen molar-refractivity contribution in [1.29, 1.82) is 0 Å². The first kappa shape index (κ1) is 23.0. The van der Waals surface area contributed by atoms with Crippen molar-refractivity contribution in [3.05, 3.63) is 63.7 Å². The molecule has 2 aliphatic heterocycles. The molecular formula is C25H28FN7O2. The highest BCUT2D eigenvalue weighted by Gasteiger charge is 2.43. The Balaban J connectivity index is 1.32. The highest BCUT2D eigenvalue weighted by Crippen LogP contribution is 2.34. The van der Waals surface area contributed by atoms with Crippen molar-refractivity contribution in [2.24, 2.45) is 22.8 Å². The van der Waals surface area contributed by atoms with E-state index in [-0.39, 0.29) is 28.7 Å². The van der Waals surface area contributed by atoms with E-state index in [0.29, 0.717) is 48.9 Å². The van der Waals surface area contributed by atoms with Gasteiger partial charge in [-0.3, -0.25) is 14.6 Å². The van der Waals surface area contributed by atoms with Crippen LogP contribution in [0.5, 0.6) is 0 Å². The molecule has 0 spiro atoms. The molecule has 0 bridgehead atoms. The molecule has 0 radical (unpaired) electrons. The Morgan fingerprint density at radius 1 is 1.23 bits per heavy atom. The van der Waals surface area contributed by atoms with Crippen molar-refractivity contribution in [3.63, 3.8) is 0 Å². The van der Waals surface area contributed by atoms with Crippen LogP contribution < -0.4 is 21.4 Å². The number of nitrogens with zero attached hydrogens (tertiary/aromatic N) is 5. The van der Waals surface area contributed by atoms with Gasteiger partial charge in [-0.15, -0.1) is 0 Å². The topological polar surface area (TPSA) is 111 Å². The zero-order chi connectivity index (χ0) is 24.7. The van der Waals surface area contributed by atoms with Gasteiger partial charge in [0.25, 0.3) is 11.5 Å². The van der Waals surface area contributed by atoms with E-state index in [0.717, 1.165) is 12.0 Å². The molecule has 3 N–H and O–H groups in total. The molecular weight excluding hydrogens is 449 g/mol. The number of aryl methyl sites for hydroxylation is 1. The lowest BCUT2D eigenvalue weighted by Gasteiger charge is -2.24. The molecule has 2 atom stereocenters. The van der Waals surface area contributed by atoms with Gasteiger partial charge in [0.15, 0.2) is 0 Å². The normalized spacial score (nSPS) is 19.7. The SMILES string of the molecule is CC/C=N\N(N)c1ccc(C)cc1C(=O)N1CC2CN(c3nc4ccc(F)cc4c(=O)[nH]3)CC2C1. The molecule has 2 aliphatic rings. The molecule has 3 heterocycles. The number of amides is 1. The number of carbonyl (C=O) groups excluding carboxylic acids is 1. The van der Waals surface area contributed by atoms with E-state index in [1.54, 1.807) is 6.21 Å². The maximum absolute atomic E-state index is 13.5. The van der Waals surface area contributed by atoms with E-state index in [1.165, 1.54) is 23.3 Å². The molecule has 2 unspecified atom stereocenters. The first-order chi connectivity index (χ1) is 16.8. The van der Waals surface area contributed by atoms with Gasteiger partial charge < -0.3 is 9.80 Å². The summed E-state index contributed by atoms with van der Waals surface area (Å²) < 4.78 is 13.5. The number of nitrogens with one attached hydrogen (secondary N) is 1. The van der Waals surface area contributed by atoms with Gasteiger partial charge in [0.05, 0.1) is 22.2 Å². The highest BCUT2D eigenvalue weighted by atomic mass is 19.1. The minimum absolute atomic E-state index is 0.0638. The summed E-state index contributed by atoms with van der Waals surface area (Å²) in [4.78, 5) is 37.2. The van der Waals surface area contributed by atoms with E-state index in [4.69, 9.17) is 5.84 Å². The highest BCUT2D eigenvalue weighted by molar-refractivity contribution is 6.00. The van der Waals surface area contributed by atoms with Gasteiger partial charge >= 0.3 is 0 Å². The number of likely N-dealkylation sites (tertiary alicyclic amines) is 1. The number of hydrogen-bond donors (Lipinski definition) is 2. The Morgan fingerprint density at radius 3 is 2.69 bits per heavy atom. The van der Waals surface area contributed by atoms with Gasteiger partial charge in [-0.25, -0.2) is 15.2 Å². The molecule has 10 heteroatoms. The van der Waals surface area contributed by atoms with E-state index in [2.05, 4.69) is 15.1 Å². The fraction of sp³-hybridized carbons (Fsp3) is 0.360. The summed E-state index contributed by atoms with van der Waals surface area (Å²) >= 11 is 0. The van der Waals surface area contributed by atoms with Gasteiger partial charge in [0.2, 0.25) is 5.95 Å². The predicted molar refractivity (Wildman–Crippen MR) is 134 cm³/mol. The van der Waals surface area contributed by atoms with Crippen molar-refractivity contribution in [2.75, 3.05) is 36.2 Å². The molecule has 9 nitrogen and oxygen atoms in total. The zero-order valence-corrected chi connectivity index (χ0v) is 19.7. The third kappa shape index (κ3) is 4.37. The number of rotatable bonds is 5. The summed E-state index contributed by atoms with van der Waals surface area (Å²) in [6, 6.07) is 9.61. The van der Waals surface area contributed by atoms with Crippen molar-refractivity contribution in [3.8, 4) is 0 Å². The number of aromatic amines is 1. The number of halogens is 1. The monoisotopic (exact) mass is 477 g/mol. The van der Waals surface area contributed by atoms with Crippen LogP contribution in [0.2, 0.25) is 0 Å². The molecule has 35 heavy (non-hydrogen) atoms. The lowest BCUT2D eigenvalue weighted by Crippen LogP contribution is -2.35. The Labute approximate surface area is 202 Å². The second kappa shape index (κ2) is 9.10. The van der Waals surface area contributed by atoms with Crippen LogP contribution in [0.15, 0.2) is 46.3 Å². The minimum Gasteiger partial charge on any atom is -0.342 e. The number of hydrazone groups is 1. The third-order valence-electron chi connectivity index (χ3n) is 6.75. The van der Waals surface area contributed by atoms with Crippen LogP contribution in [-0.2, 0) is 0 Å².